The van der Waals surface area contributed by atoms with E-state index >= 15 is 0 Å². The number of aliphatic carboxylic acids is 1. The molecule has 226 valence electrons. The average Bonchev–Trinajstić information content (AvgIpc) is 3.34. The van der Waals surface area contributed by atoms with Gasteiger partial charge in [-0.15, -0.1) is 0 Å². The summed E-state index contributed by atoms with van der Waals surface area (Å²) < 4.78 is 33.7. The number of fused-ring (bicyclic) bond motifs is 1. The van der Waals surface area contributed by atoms with Crippen LogP contribution in [0.3, 0.4) is 0 Å². The maximum Gasteiger partial charge on any atom is 0.328 e. The Balaban J connectivity index is 1.06. The van der Waals surface area contributed by atoms with Crippen LogP contribution in [0.4, 0.5) is 4.39 Å². The van der Waals surface area contributed by atoms with Gasteiger partial charge in [-0.25, -0.2) is 24.1 Å². The second-order valence-electron chi connectivity index (χ2n) is 10.8. The highest BCUT2D eigenvalue weighted by Gasteiger charge is 2.26. The average molecular weight is 599 g/mol. The summed E-state index contributed by atoms with van der Waals surface area (Å²) in [4.78, 5) is 27.4. The molecule has 1 aromatic carbocycles. The number of hydrogen-bond acceptors (Lipinski definition) is 9. The predicted octanol–water partition coefficient (Wildman–Crippen LogP) is 4.35. The van der Waals surface area contributed by atoms with Gasteiger partial charge in [-0.1, -0.05) is 6.07 Å². The Morgan fingerprint density at radius 3 is 2.70 bits per heavy atom. The van der Waals surface area contributed by atoms with Gasteiger partial charge in [0.05, 0.1) is 42.2 Å². The van der Waals surface area contributed by atoms with Crippen molar-refractivity contribution in [3.63, 3.8) is 0 Å². The zero-order valence-electron chi connectivity index (χ0n) is 23.9. The standard InChI is InChI=1S/C32H31FN6O5/c33-26-16-21(17-34)4-8-28(26)43-20-23-2-1-3-30(35-23)44-24-10-13-38(14-11-24)19-29-37-27-7-5-22(6-9-31(40)41)36-32(27)39(29)18-25-12-15-42-25/h1-9,16,24-25H,10-15,18-20H2,(H,40,41)/b9-6+/t25-/m0/s1. The third-order valence-electron chi connectivity index (χ3n) is 7.67. The van der Waals surface area contributed by atoms with Gasteiger partial charge in [-0.2, -0.15) is 5.26 Å². The first-order valence-electron chi connectivity index (χ1n) is 14.5. The van der Waals surface area contributed by atoms with E-state index < -0.39 is 11.8 Å². The van der Waals surface area contributed by atoms with Gasteiger partial charge in [-0.05, 0) is 61.7 Å². The summed E-state index contributed by atoms with van der Waals surface area (Å²) in [7, 11) is 0. The molecule has 3 aromatic heterocycles. The maximum atomic E-state index is 14.2. The SMILES string of the molecule is N#Cc1ccc(OCc2cccc(OC3CCN(Cc4nc5ccc(/C=C/C(=O)O)nc5n4C[C@@H]4CCO4)CC3)n2)c(F)c1. The Morgan fingerprint density at radius 1 is 1.14 bits per heavy atom. The van der Waals surface area contributed by atoms with Crippen molar-refractivity contribution in [3.8, 4) is 17.7 Å². The van der Waals surface area contributed by atoms with E-state index in [9.17, 15) is 9.18 Å². The molecule has 6 rings (SSSR count). The van der Waals surface area contributed by atoms with Crippen molar-refractivity contribution in [1.29, 1.82) is 5.26 Å². The number of hydrogen-bond donors (Lipinski definition) is 1. The van der Waals surface area contributed by atoms with Crippen LogP contribution < -0.4 is 9.47 Å². The van der Waals surface area contributed by atoms with E-state index in [1.807, 2.05) is 18.2 Å². The summed E-state index contributed by atoms with van der Waals surface area (Å²) in [6, 6.07) is 15.1. The molecule has 2 aliphatic rings. The van der Waals surface area contributed by atoms with Crippen LogP contribution >= 0.6 is 0 Å². The molecule has 12 heteroatoms. The molecular weight excluding hydrogens is 567 g/mol. The second-order valence-corrected chi connectivity index (χ2v) is 10.8. The lowest BCUT2D eigenvalue weighted by atomic mass is 10.1. The number of benzene rings is 1. The Labute approximate surface area is 253 Å². The Morgan fingerprint density at radius 2 is 1.98 bits per heavy atom. The Kier molecular flexibility index (Phi) is 8.76. The zero-order valence-corrected chi connectivity index (χ0v) is 23.9. The van der Waals surface area contributed by atoms with Crippen LogP contribution in [0.5, 0.6) is 11.6 Å². The van der Waals surface area contributed by atoms with E-state index in [0.717, 1.165) is 68.1 Å². The van der Waals surface area contributed by atoms with Crippen molar-refractivity contribution in [2.45, 2.75) is 51.2 Å². The highest BCUT2D eigenvalue weighted by Crippen LogP contribution is 2.24. The lowest BCUT2D eigenvalue weighted by Gasteiger charge is -2.32. The number of pyridine rings is 2. The fourth-order valence-corrected chi connectivity index (χ4v) is 5.26. The molecule has 0 amide bonds. The first-order chi connectivity index (χ1) is 21.4. The number of piperidine rings is 1. The molecule has 0 saturated carbocycles. The highest BCUT2D eigenvalue weighted by molar-refractivity contribution is 5.85. The number of aromatic nitrogens is 4. The summed E-state index contributed by atoms with van der Waals surface area (Å²) >= 11 is 0. The molecule has 2 fully saturated rings. The van der Waals surface area contributed by atoms with Crippen LogP contribution in [0.1, 0.15) is 42.0 Å². The van der Waals surface area contributed by atoms with E-state index in [2.05, 4.69) is 14.5 Å². The molecule has 1 N–H and O–H groups in total. The molecule has 0 aliphatic carbocycles. The number of carbonyl (C=O) groups is 1. The molecule has 11 nitrogen and oxygen atoms in total. The number of ether oxygens (including phenoxy) is 3. The predicted molar refractivity (Wildman–Crippen MR) is 157 cm³/mol. The molecule has 4 aromatic rings. The first kappa shape index (κ1) is 29.2. The molecule has 2 aliphatic heterocycles. The monoisotopic (exact) mass is 598 g/mol. The molecule has 0 bridgehead atoms. The second kappa shape index (κ2) is 13.2. The van der Waals surface area contributed by atoms with E-state index in [4.69, 9.17) is 34.5 Å². The summed E-state index contributed by atoms with van der Waals surface area (Å²) in [6.07, 6.45) is 5.28. The minimum atomic E-state index is -1.02. The van der Waals surface area contributed by atoms with Gasteiger partial charge in [0.1, 0.15) is 24.1 Å². The minimum absolute atomic E-state index is 0.00155. The summed E-state index contributed by atoms with van der Waals surface area (Å²) in [6.45, 7) is 3.74. The fourth-order valence-electron chi connectivity index (χ4n) is 5.26. The number of rotatable bonds is 11. The van der Waals surface area contributed by atoms with Crippen molar-refractivity contribution in [2.75, 3.05) is 19.7 Å². The first-order valence-corrected chi connectivity index (χ1v) is 14.5. The summed E-state index contributed by atoms with van der Waals surface area (Å²) in [5, 5.41) is 17.9. The molecular formula is C32H31FN6O5. The van der Waals surface area contributed by atoms with Gasteiger partial charge < -0.3 is 23.9 Å². The van der Waals surface area contributed by atoms with E-state index in [1.165, 1.54) is 18.2 Å². The molecule has 44 heavy (non-hydrogen) atoms. The van der Waals surface area contributed by atoms with E-state index in [0.29, 0.717) is 30.4 Å². The van der Waals surface area contributed by atoms with Crippen LogP contribution in [-0.2, 0) is 29.2 Å². The highest BCUT2D eigenvalue weighted by atomic mass is 19.1. The minimum Gasteiger partial charge on any atom is -0.484 e. The quantitative estimate of drug-likeness (QED) is 0.248. The van der Waals surface area contributed by atoms with Gasteiger partial charge in [0.15, 0.2) is 17.2 Å². The fraction of sp³-hybridized carbons (Fsp3) is 0.344. The maximum absolute atomic E-state index is 14.2. The number of imidazole rings is 1. The summed E-state index contributed by atoms with van der Waals surface area (Å²) in [5.74, 6) is -0.167. The van der Waals surface area contributed by atoms with Gasteiger partial charge in [0.25, 0.3) is 0 Å². The van der Waals surface area contributed by atoms with Crippen molar-refractivity contribution in [3.05, 3.63) is 83.2 Å². The van der Waals surface area contributed by atoms with Gasteiger partial charge >= 0.3 is 5.97 Å². The number of likely N-dealkylation sites (tertiary alicyclic amines) is 1. The number of carboxylic acid groups (broad SMARTS) is 1. The van der Waals surface area contributed by atoms with Crippen molar-refractivity contribution >= 4 is 23.2 Å². The lowest BCUT2D eigenvalue weighted by molar-refractivity contribution is -0.131. The van der Waals surface area contributed by atoms with Crippen LogP contribution in [0.25, 0.3) is 17.2 Å². The number of nitrogens with zero attached hydrogens (tertiary/aromatic N) is 6. The van der Waals surface area contributed by atoms with Crippen molar-refractivity contribution in [2.24, 2.45) is 0 Å². The van der Waals surface area contributed by atoms with Gasteiger partial charge in [-0.3, -0.25) is 4.90 Å². The largest absolute Gasteiger partial charge is 0.484 e. The zero-order chi connectivity index (χ0) is 30.5. The third kappa shape index (κ3) is 7.02. The number of carboxylic acids is 1. The Hall–Kier alpha value is -4.86. The van der Waals surface area contributed by atoms with Crippen LogP contribution in [-0.4, -0.2) is 67.4 Å². The number of halogens is 1. The molecule has 0 radical (unpaired) electrons. The molecule has 0 unspecified atom stereocenters. The lowest BCUT2D eigenvalue weighted by Crippen LogP contribution is -2.39. The van der Waals surface area contributed by atoms with E-state index in [-0.39, 0.29) is 30.1 Å². The molecule has 1 atom stereocenters. The molecule has 2 saturated heterocycles. The van der Waals surface area contributed by atoms with Crippen molar-refractivity contribution < 1.29 is 28.5 Å². The molecule has 5 heterocycles. The molecule has 0 spiro atoms. The smallest absolute Gasteiger partial charge is 0.328 e. The van der Waals surface area contributed by atoms with Crippen molar-refractivity contribution in [1.82, 2.24) is 24.4 Å². The third-order valence-corrected chi connectivity index (χ3v) is 7.67. The summed E-state index contributed by atoms with van der Waals surface area (Å²) in [5.41, 5.74) is 2.88. The van der Waals surface area contributed by atoms with Crippen LogP contribution in [0.2, 0.25) is 0 Å². The van der Waals surface area contributed by atoms with Gasteiger partial charge in [0.2, 0.25) is 5.88 Å². The number of nitriles is 1. The van der Waals surface area contributed by atoms with E-state index in [1.54, 1.807) is 18.2 Å². The van der Waals surface area contributed by atoms with Gasteiger partial charge in [0, 0.05) is 31.8 Å². The van der Waals surface area contributed by atoms with Crippen LogP contribution in [0.15, 0.2) is 54.6 Å². The Bertz CT molecular complexity index is 1720. The normalized spacial score (nSPS) is 17.4. The topological polar surface area (TPSA) is 136 Å². The van der Waals surface area contributed by atoms with Crippen LogP contribution in [0, 0.1) is 17.1 Å².